The average Bonchev–Trinajstić information content (AvgIpc) is 3.01. The van der Waals surface area contributed by atoms with Crippen LogP contribution < -0.4 is 5.32 Å². The summed E-state index contributed by atoms with van der Waals surface area (Å²) in [5.41, 5.74) is 0.508. The lowest BCUT2D eigenvalue weighted by molar-refractivity contribution is 0.120. The van der Waals surface area contributed by atoms with E-state index in [1.807, 2.05) is 32.9 Å². The van der Waals surface area contributed by atoms with E-state index in [4.69, 9.17) is 4.74 Å². The second-order valence-electron chi connectivity index (χ2n) is 8.92. The highest BCUT2D eigenvalue weighted by Gasteiger charge is 2.56. The smallest absolute Gasteiger partial charge is 0.407 e. The minimum Gasteiger partial charge on any atom is -0.449 e. The molecule has 0 spiro atoms. The summed E-state index contributed by atoms with van der Waals surface area (Å²) in [6, 6.07) is 5.69. The molecule has 3 unspecified atom stereocenters. The predicted octanol–water partition coefficient (Wildman–Crippen LogP) is 4.61. The number of hydrogen-bond acceptors (Lipinski definition) is 3. The minimum absolute atomic E-state index is 0.136. The standard InChI is InChI=1S/C21H30BrFN2O2/c1-5-15(8-13-6-7-14(22)9-19(13)23)25-10-16-17(11-25)18(16)12-27-20(26)24-21(2,3)4/h6-7,9,15-18H,5,8,10-12H2,1-4H3,(H,24,26). The predicted molar refractivity (Wildman–Crippen MR) is 108 cm³/mol. The van der Waals surface area contributed by atoms with E-state index < -0.39 is 0 Å². The summed E-state index contributed by atoms with van der Waals surface area (Å²) in [7, 11) is 0. The summed E-state index contributed by atoms with van der Waals surface area (Å²) in [6.45, 7) is 10.5. The molecule has 1 aromatic carbocycles. The average molecular weight is 441 g/mol. The number of amides is 1. The molecule has 0 bridgehead atoms. The van der Waals surface area contributed by atoms with Gasteiger partial charge in [-0.15, -0.1) is 0 Å². The lowest BCUT2D eigenvalue weighted by Crippen LogP contribution is -2.41. The molecule has 27 heavy (non-hydrogen) atoms. The van der Waals surface area contributed by atoms with Gasteiger partial charge in [0.05, 0.1) is 6.61 Å². The fourth-order valence-electron chi connectivity index (χ4n) is 4.21. The SMILES string of the molecule is CCC(Cc1ccc(Br)cc1F)N1CC2C(COC(=O)NC(C)(C)C)C2C1. The summed E-state index contributed by atoms with van der Waals surface area (Å²) in [4.78, 5) is 14.3. The van der Waals surface area contributed by atoms with Gasteiger partial charge in [-0.25, -0.2) is 9.18 Å². The molecular formula is C21H30BrFN2O2. The van der Waals surface area contributed by atoms with Crippen molar-refractivity contribution in [2.45, 2.75) is 52.1 Å². The highest BCUT2D eigenvalue weighted by molar-refractivity contribution is 9.10. The van der Waals surface area contributed by atoms with Gasteiger partial charge in [-0.2, -0.15) is 0 Å². The Labute approximate surface area is 170 Å². The third-order valence-corrected chi connectivity index (χ3v) is 6.24. The Morgan fingerprint density at radius 2 is 2.04 bits per heavy atom. The number of likely N-dealkylation sites (tertiary alicyclic amines) is 1. The van der Waals surface area contributed by atoms with Crippen LogP contribution >= 0.6 is 15.9 Å². The fourth-order valence-corrected chi connectivity index (χ4v) is 4.55. The maximum absolute atomic E-state index is 14.2. The lowest BCUT2D eigenvalue weighted by atomic mass is 10.0. The molecule has 1 aromatic rings. The molecule has 1 N–H and O–H groups in total. The zero-order chi connectivity index (χ0) is 19.8. The Balaban J connectivity index is 1.46. The van der Waals surface area contributed by atoms with Crippen molar-refractivity contribution in [1.29, 1.82) is 0 Å². The van der Waals surface area contributed by atoms with E-state index in [9.17, 15) is 9.18 Å². The van der Waals surface area contributed by atoms with Crippen molar-refractivity contribution in [3.05, 3.63) is 34.1 Å². The summed E-state index contributed by atoms with van der Waals surface area (Å²) < 4.78 is 20.3. The van der Waals surface area contributed by atoms with E-state index in [-0.39, 0.29) is 17.4 Å². The Bertz CT molecular complexity index is 679. The second-order valence-corrected chi connectivity index (χ2v) is 9.84. The third kappa shape index (κ3) is 5.23. The van der Waals surface area contributed by atoms with Crippen LogP contribution in [0.25, 0.3) is 0 Å². The molecule has 0 aromatic heterocycles. The number of alkyl carbamates (subject to hydrolysis) is 1. The fraction of sp³-hybridized carbons (Fsp3) is 0.667. The molecule has 1 saturated carbocycles. The van der Waals surface area contributed by atoms with E-state index in [0.29, 0.717) is 30.4 Å². The molecule has 0 radical (unpaired) electrons. The van der Waals surface area contributed by atoms with E-state index in [1.165, 1.54) is 0 Å². The quantitative estimate of drug-likeness (QED) is 0.701. The van der Waals surface area contributed by atoms with Gasteiger partial charge < -0.3 is 10.1 Å². The van der Waals surface area contributed by atoms with Gasteiger partial charge in [-0.05, 0) is 63.1 Å². The maximum atomic E-state index is 14.2. The van der Waals surface area contributed by atoms with Gasteiger partial charge in [0.2, 0.25) is 0 Å². The molecule has 3 atom stereocenters. The van der Waals surface area contributed by atoms with Gasteiger partial charge >= 0.3 is 6.09 Å². The first-order chi connectivity index (χ1) is 12.7. The number of ether oxygens (including phenoxy) is 1. The zero-order valence-corrected chi connectivity index (χ0v) is 18.2. The zero-order valence-electron chi connectivity index (χ0n) is 16.6. The van der Waals surface area contributed by atoms with Crippen LogP contribution in [-0.2, 0) is 11.2 Å². The summed E-state index contributed by atoms with van der Waals surface area (Å²) in [6.07, 6.45) is 1.41. The van der Waals surface area contributed by atoms with Crippen LogP contribution in [0.2, 0.25) is 0 Å². The second kappa shape index (κ2) is 8.08. The van der Waals surface area contributed by atoms with Gasteiger partial charge in [0.25, 0.3) is 0 Å². The molecule has 6 heteroatoms. The van der Waals surface area contributed by atoms with Gasteiger partial charge in [0.15, 0.2) is 0 Å². The van der Waals surface area contributed by atoms with Crippen LogP contribution in [0.4, 0.5) is 9.18 Å². The Kier molecular flexibility index (Phi) is 6.16. The third-order valence-electron chi connectivity index (χ3n) is 5.74. The lowest BCUT2D eigenvalue weighted by Gasteiger charge is -2.29. The molecule has 1 aliphatic carbocycles. The van der Waals surface area contributed by atoms with Gasteiger partial charge in [0, 0.05) is 35.1 Å². The molecule has 1 amide bonds. The monoisotopic (exact) mass is 440 g/mol. The molecule has 150 valence electrons. The van der Waals surface area contributed by atoms with Crippen molar-refractivity contribution in [1.82, 2.24) is 10.2 Å². The molecule has 1 heterocycles. The number of nitrogens with zero attached hydrogens (tertiary/aromatic N) is 1. The molecule has 2 aliphatic rings. The van der Waals surface area contributed by atoms with Crippen LogP contribution in [0.5, 0.6) is 0 Å². The molecular weight excluding hydrogens is 411 g/mol. The van der Waals surface area contributed by atoms with Crippen molar-refractivity contribution in [2.75, 3.05) is 19.7 Å². The highest BCUT2D eigenvalue weighted by Crippen LogP contribution is 2.52. The van der Waals surface area contributed by atoms with Crippen molar-refractivity contribution >= 4 is 22.0 Å². The van der Waals surface area contributed by atoms with Crippen LogP contribution in [0.3, 0.4) is 0 Å². The van der Waals surface area contributed by atoms with E-state index in [2.05, 4.69) is 33.1 Å². The highest BCUT2D eigenvalue weighted by atomic mass is 79.9. The van der Waals surface area contributed by atoms with Crippen molar-refractivity contribution < 1.29 is 13.9 Å². The molecule has 1 saturated heterocycles. The number of carbonyl (C=O) groups excluding carboxylic acids is 1. The molecule has 1 aliphatic heterocycles. The molecule has 2 fully saturated rings. The molecule has 4 nitrogen and oxygen atoms in total. The summed E-state index contributed by atoms with van der Waals surface area (Å²) in [5, 5.41) is 2.83. The number of fused-ring (bicyclic) bond motifs is 1. The van der Waals surface area contributed by atoms with Crippen LogP contribution in [0.15, 0.2) is 22.7 Å². The Hall–Kier alpha value is -1.14. The van der Waals surface area contributed by atoms with E-state index in [0.717, 1.165) is 36.0 Å². The number of piperidine rings is 1. The van der Waals surface area contributed by atoms with E-state index >= 15 is 0 Å². The maximum Gasteiger partial charge on any atom is 0.407 e. The minimum atomic E-state index is -0.332. The van der Waals surface area contributed by atoms with Crippen LogP contribution in [-0.4, -0.2) is 42.3 Å². The first kappa shape index (κ1) is 20.6. The Morgan fingerprint density at radius 1 is 1.37 bits per heavy atom. The number of carbonyl (C=O) groups is 1. The largest absolute Gasteiger partial charge is 0.449 e. The first-order valence-electron chi connectivity index (χ1n) is 9.81. The van der Waals surface area contributed by atoms with Crippen LogP contribution in [0.1, 0.15) is 39.7 Å². The first-order valence-corrected chi connectivity index (χ1v) is 10.6. The Morgan fingerprint density at radius 3 is 2.59 bits per heavy atom. The summed E-state index contributed by atoms with van der Waals surface area (Å²) in [5.74, 6) is 1.56. The van der Waals surface area contributed by atoms with Gasteiger partial charge in [-0.1, -0.05) is 28.9 Å². The van der Waals surface area contributed by atoms with E-state index in [1.54, 1.807) is 6.07 Å². The number of halogens is 2. The van der Waals surface area contributed by atoms with Crippen LogP contribution in [0, 0.1) is 23.6 Å². The number of benzene rings is 1. The number of nitrogens with one attached hydrogen (secondary N) is 1. The van der Waals surface area contributed by atoms with Gasteiger partial charge in [-0.3, -0.25) is 4.90 Å². The van der Waals surface area contributed by atoms with Crippen molar-refractivity contribution in [3.8, 4) is 0 Å². The number of rotatable bonds is 6. The van der Waals surface area contributed by atoms with Crippen molar-refractivity contribution in [3.63, 3.8) is 0 Å². The molecule has 3 rings (SSSR count). The normalized spacial score (nSPS) is 25.8. The van der Waals surface area contributed by atoms with Crippen molar-refractivity contribution in [2.24, 2.45) is 17.8 Å². The summed E-state index contributed by atoms with van der Waals surface area (Å²) >= 11 is 3.32. The topological polar surface area (TPSA) is 41.6 Å². The van der Waals surface area contributed by atoms with Gasteiger partial charge in [0.1, 0.15) is 5.82 Å². The number of hydrogen-bond donors (Lipinski definition) is 1.